The molecule has 8 unspecified atom stereocenters. The molecule has 0 radical (unpaired) electrons. The maximum Gasteiger partial charge on any atom is 0.308 e. The van der Waals surface area contributed by atoms with Crippen molar-refractivity contribution in [2.45, 2.75) is 90.4 Å². The van der Waals surface area contributed by atoms with Gasteiger partial charge in [-0.25, -0.2) is 0 Å². The average Bonchev–Trinajstić information content (AvgIpc) is 3.43. The zero-order valence-electron chi connectivity index (χ0n) is 20.9. The Labute approximate surface area is 201 Å². The Morgan fingerprint density at radius 3 is 2.68 bits per heavy atom. The van der Waals surface area contributed by atoms with Gasteiger partial charge in [0.05, 0.1) is 30.7 Å². The number of rotatable bonds is 2. The van der Waals surface area contributed by atoms with E-state index >= 15 is 0 Å². The Morgan fingerprint density at radius 1 is 1.18 bits per heavy atom. The van der Waals surface area contributed by atoms with Crippen LogP contribution in [0.2, 0.25) is 0 Å². The summed E-state index contributed by atoms with van der Waals surface area (Å²) in [6, 6.07) is 2.09. The summed E-state index contributed by atoms with van der Waals surface area (Å²) in [5.41, 5.74) is 1.58. The molecule has 6 nitrogen and oxygen atoms in total. The van der Waals surface area contributed by atoms with E-state index in [0.717, 1.165) is 25.7 Å². The van der Waals surface area contributed by atoms with Crippen molar-refractivity contribution in [3.05, 3.63) is 35.8 Å². The van der Waals surface area contributed by atoms with Crippen LogP contribution < -0.4 is 0 Å². The third kappa shape index (κ3) is 2.66. The van der Waals surface area contributed by atoms with Crippen LogP contribution in [0.25, 0.3) is 0 Å². The lowest BCUT2D eigenvalue weighted by atomic mass is 9.39. The normalized spacial score (nSPS) is 46.4. The number of furan rings is 1. The topological polar surface area (TPSA) is 75.0 Å². The van der Waals surface area contributed by atoms with Gasteiger partial charge in [-0.2, -0.15) is 0 Å². The average molecular weight is 469 g/mol. The van der Waals surface area contributed by atoms with E-state index in [0.29, 0.717) is 18.9 Å². The van der Waals surface area contributed by atoms with Crippen LogP contribution in [-0.4, -0.2) is 36.4 Å². The van der Waals surface area contributed by atoms with Crippen molar-refractivity contribution in [1.29, 1.82) is 0 Å². The van der Waals surface area contributed by atoms with Gasteiger partial charge in [0, 0.05) is 23.7 Å². The standard InChI is InChI=1S/C28H36O6/c1-16(29)33-22-12-21-25(2,3)34-23-13-24(30)32-15-28(21,23)20-8-10-26(4)18(17-9-11-31-14-17)6-7-19(26)27(20,22)5/h7,9,11,14,18,20-23H,6,8,10,12-13,15H2,1-5H3. The Kier molecular flexibility index (Phi) is 4.60. The molecule has 3 heterocycles. The molecule has 1 aromatic heterocycles. The first-order valence-electron chi connectivity index (χ1n) is 12.8. The summed E-state index contributed by atoms with van der Waals surface area (Å²) < 4.78 is 24.1. The second-order valence-electron chi connectivity index (χ2n) is 12.3. The first-order chi connectivity index (χ1) is 16.0. The van der Waals surface area contributed by atoms with Crippen LogP contribution >= 0.6 is 0 Å². The molecule has 5 aliphatic rings. The van der Waals surface area contributed by atoms with Crippen molar-refractivity contribution in [2.75, 3.05) is 6.61 Å². The van der Waals surface area contributed by atoms with Gasteiger partial charge in [-0.1, -0.05) is 25.5 Å². The Hall–Kier alpha value is -2.08. The van der Waals surface area contributed by atoms with Crippen LogP contribution in [0.3, 0.4) is 0 Å². The van der Waals surface area contributed by atoms with E-state index in [2.05, 4.69) is 39.8 Å². The van der Waals surface area contributed by atoms with Crippen molar-refractivity contribution in [1.82, 2.24) is 0 Å². The van der Waals surface area contributed by atoms with Gasteiger partial charge in [0.2, 0.25) is 0 Å². The highest BCUT2D eigenvalue weighted by Crippen LogP contribution is 2.74. The molecule has 1 aromatic rings. The second-order valence-corrected chi connectivity index (χ2v) is 12.3. The number of esters is 2. The fourth-order valence-corrected chi connectivity index (χ4v) is 9.37. The molecule has 0 amide bonds. The van der Waals surface area contributed by atoms with Crippen molar-refractivity contribution in [2.24, 2.45) is 28.1 Å². The molecule has 0 aromatic carbocycles. The number of carbonyl (C=O) groups excluding carboxylic acids is 2. The fraction of sp³-hybridized carbons (Fsp3) is 0.714. The zero-order valence-corrected chi connectivity index (χ0v) is 20.9. The smallest absolute Gasteiger partial charge is 0.308 e. The van der Waals surface area contributed by atoms with Gasteiger partial charge >= 0.3 is 11.9 Å². The van der Waals surface area contributed by atoms with Gasteiger partial charge in [-0.05, 0) is 68.4 Å². The van der Waals surface area contributed by atoms with Gasteiger partial charge in [-0.3, -0.25) is 9.59 Å². The minimum atomic E-state index is -0.414. The minimum Gasteiger partial charge on any atom is -0.472 e. The lowest BCUT2D eigenvalue weighted by Crippen LogP contribution is -2.66. The van der Waals surface area contributed by atoms with Gasteiger partial charge in [0.1, 0.15) is 12.7 Å². The van der Waals surface area contributed by atoms with Crippen LogP contribution in [0.4, 0.5) is 0 Å². The zero-order chi connectivity index (χ0) is 24.1. The maximum absolute atomic E-state index is 12.4. The van der Waals surface area contributed by atoms with E-state index in [1.54, 1.807) is 6.26 Å². The summed E-state index contributed by atoms with van der Waals surface area (Å²) in [7, 11) is 0. The third-order valence-electron chi connectivity index (χ3n) is 10.6. The molecule has 6 heteroatoms. The molecule has 2 aliphatic heterocycles. The molecule has 2 saturated heterocycles. The quantitative estimate of drug-likeness (QED) is 0.440. The predicted octanol–water partition coefficient (Wildman–Crippen LogP) is 5.18. The van der Waals surface area contributed by atoms with Gasteiger partial charge in [-0.15, -0.1) is 0 Å². The molecule has 2 saturated carbocycles. The minimum absolute atomic E-state index is 0.0349. The lowest BCUT2D eigenvalue weighted by Gasteiger charge is -2.65. The van der Waals surface area contributed by atoms with Crippen molar-refractivity contribution in [3.8, 4) is 0 Å². The highest BCUT2D eigenvalue weighted by atomic mass is 16.6. The van der Waals surface area contributed by atoms with Crippen molar-refractivity contribution < 1.29 is 28.2 Å². The number of fused-ring (bicyclic) bond motifs is 3. The monoisotopic (exact) mass is 468 g/mol. The summed E-state index contributed by atoms with van der Waals surface area (Å²) >= 11 is 0. The summed E-state index contributed by atoms with van der Waals surface area (Å²) in [4.78, 5) is 24.7. The van der Waals surface area contributed by atoms with Crippen LogP contribution in [-0.2, 0) is 23.8 Å². The van der Waals surface area contributed by atoms with E-state index in [1.807, 2.05) is 6.26 Å². The highest BCUT2D eigenvalue weighted by Gasteiger charge is 2.75. The summed E-state index contributed by atoms with van der Waals surface area (Å²) in [6.07, 6.45) is 9.66. The van der Waals surface area contributed by atoms with E-state index in [9.17, 15) is 9.59 Å². The largest absolute Gasteiger partial charge is 0.472 e. The Bertz CT molecular complexity index is 1050. The number of cyclic esters (lactones) is 1. The van der Waals surface area contributed by atoms with Crippen LogP contribution in [0.1, 0.15) is 78.2 Å². The molecule has 3 aliphatic carbocycles. The van der Waals surface area contributed by atoms with E-state index < -0.39 is 5.60 Å². The van der Waals surface area contributed by atoms with Gasteiger partial charge in [0.15, 0.2) is 0 Å². The Morgan fingerprint density at radius 2 is 1.97 bits per heavy atom. The summed E-state index contributed by atoms with van der Waals surface area (Å²) in [5, 5.41) is 0. The highest BCUT2D eigenvalue weighted by molar-refractivity contribution is 5.71. The molecule has 8 atom stereocenters. The fourth-order valence-electron chi connectivity index (χ4n) is 9.37. The molecule has 6 rings (SSSR count). The molecule has 4 fully saturated rings. The molecular weight excluding hydrogens is 432 g/mol. The van der Waals surface area contributed by atoms with Crippen molar-refractivity contribution in [3.63, 3.8) is 0 Å². The Balaban J connectivity index is 1.49. The summed E-state index contributed by atoms with van der Waals surface area (Å²) in [6.45, 7) is 10.9. The number of ether oxygens (including phenoxy) is 3. The molecular formula is C28H36O6. The number of carbonyl (C=O) groups is 2. The number of hydrogen-bond acceptors (Lipinski definition) is 6. The van der Waals surface area contributed by atoms with Gasteiger partial charge < -0.3 is 18.6 Å². The third-order valence-corrected chi connectivity index (χ3v) is 10.6. The molecule has 34 heavy (non-hydrogen) atoms. The van der Waals surface area contributed by atoms with Crippen LogP contribution in [0.15, 0.2) is 34.7 Å². The molecule has 0 bridgehead atoms. The molecule has 184 valence electrons. The predicted molar refractivity (Wildman–Crippen MR) is 124 cm³/mol. The summed E-state index contributed by atoms with van der Waals surface area (Å²) in [5.74, 6) is 0.295. The van der Waals surface area contributed by atoms with Crippen LogP contribution in [0.5, 0.6) is 0 Å². The van der Waals surface area contributed by atoms with E-state index in [-0.39, 0.29) is 52.2 Å². The number of hydrogen-bond donors (Lipinski definition) is 0. The van der Waals surface area contributed by atoms with Crippen molar-refractivity contribution >= 4 is 11.9 Å². The van der Waals surface area contributed by atoms with E-state index in [1.165, 1.54) is 18.1 Å². The van der Waals surface area contributed by atoms with Crippen LogP contribution in [0, 0.1) is 28.1 Å². The molecule has 1 spiro atoms. The first kappa shape index (κ1) is 22.4. The second kappa shape index (κ2) is 6.99. The van der Waals surface area contributed by atoms with E-state index in [4.69, 9.17) is 18.6 Å². The first-order valence-corrected chi connectivity index (χ1v) is 12.8. The molecule has 0 N–H and O–H groups in total. The lowest BCUT2D eigenvalue weighted by molar-refractivity contribution is -0.209. The SMILES string of the molecule is CC(=O)OC1CC2C(C)(C)OC3CC(=O)OCC32C2CCC3(C)C(=CCC3c3ccoc3)C12C. The number of allylic oxidation sites excluding steroid dienone is 1. The van der Waals surface area contributed by atoms with Gasteiger partial charge in [0.25, 0.3) is 0 Å². The maximum atomic E-state index is 12.4.